The Hall–Kier alpha value is -0.0800. The Morgan fingerprint density at radius 1 is 0.394 bits per heavy atom. The molecular formula is C31H68N2. The third-order valence-electron chi connectivity index (χ3n) is 7.54. The molecule has 0 radical (unpaired) electrons. The van der Waals surface area contributed by atoms with Gasteiger partial charge in [0.05, 0.1) is 0 Å². The van der Waals surface area contributed by atoms with Crippen molar-refractivity contribution in [2.45, 2.75) is 200 Å². The van der Waals surface area contributed by atoms with Gasteiger partial charge >= 0.3 is 0 Å². The van der Waals surface area contributed by atoms with E-state index < -0.39 is 0 Å². The van der Waals surface area contributed by atoms with Crippen molar-refractivity contribution in [2.75, 3.05) is 0 Å². The van der Waals surface area contributed by atoms with Gasteiger partial charge in [-0.3, -0.25) is 0 Å². The second-order valence-corrected chi connectivity index (χ2v) is 11.5. The quantitative estimate of drug-likeness (QED) is 0.146. The van der Waals surface area contributed by atoms with Crippen molar-refractivity contribution in [3.05, 3.63) is 0 Å². The molecule has 2 nitrogen and oxygen atoms in total. The number of nitrogens with two attached hydrogens (primary N) is 2. The van der Waals surface area contributed by atoms with E-state index in [9.17, 15) is 0 Å². The normalized spacial score (nSPS) is 12.0. The minimum Gasteiger partial charge on any atom is -0.326 e. The van der Waals surface area contributed by atoms with Crippen molar-refractivity contribution in [3.63, 3.8) is 0 Å². The van der Waals surface area contributed by atoms with Crippen LogP contribution in [0.4, 0.5) is 0 Å². The summed E-state index contributed by atoms with van der Waals surface area (Å²) in [5.41, 5.74) is 12.1. The van der Waals surface area contributed by atoms with E-state index in [1.807, 2.05) is 0 Å². The SMILES string of the molecule is CCC(N)(CC)CC.CCCCCCCCCCCCCCCCCCCCCC(C)(C)N. The van der Waals surface area contributed by atoms with Gasteiger partial charge in [0, 0.05) is 11.1 Å². The van der Waals surface area contributed by atoms with Crippen molar-refractivity contribution in [1.82, 2.24) is 0 Å². The van der Waals surface area contributed by atoms with Gasteiger partial charge in [0.2, 0.25) is 0 Å². The van der Waals surface area contributed by atoms with Gasteiger partial charge in [-0.2, -0.15) is 0 Å². The zero-order valence-corrected chi connectivity index (χ0v) is 24.4. The summed E-state index contributed by atoms with van der Waals surface area (Å²) < 4.78 is 0. The summed E-state index contributed by atoms with van der Waals surface area (Å²) in [4.78, 5) is 0. The minimum absolute atomic E-state index is 0.0363. The third-order valence-corrected chi connectivity index (χ3v) is 7.54. The molecule has 0 aromatic carbocycles. The Morgan fingerprint density at radius 2 is 0.636 bits per heavy atom. The van der Waals surface area contributed by atoms with Gasteiger partial charge in [0.15, 0.2) is 0 Å². The van der Waals surface area contributed by atoms with Crippen LogP contribution in [0.3, 0.4) is 0 Å². The highest BCUT2D eigenvalue weighted by Crippen LogP contribution is 2.16. The van der Waals surface area contributed by atoms with Gasteiger partial charge in [0.25, 0.3) is 0 Å². The zero-order chi connectivity index (χ0) is 25.3. The maximum absolute atomic E-state index is 6.01. The van der Waals surface area contributed by atoms with E-state index in [0.717, 1.165) is 19.3 Å². The van der Waals surface area contributed by atoms with Crippen molar-refractivity contribution < 1.29 is 0 Å². The molecule has 4 N–H and O–H groups in total. The van der Waals surface area contributed by atoms with Crippen LogP contribution in [0.5, 0.6) is 0 Å². The summed E-state index contributed by atoms with van der Waals surface area (Å²) in [7, 11) is 0. The highest BCUT2D eigenvalue weighted by molar-refractivity contribution is 4.78. The van der Waals surface area contributed by atoms with E-state index in [2.05, 4.69) is 41.5 Å². The molecule has 0 unspecified atom stereocenters. The van der Waals surface area contributed by atoms with Crippen LogP contribution in [-0.2, 0) is 0 Å². The molecule has 2 heteroatoms. The molecule has 0 bridgehead atoms. The van der Waals surface area contributed by atoms with Crippen LogP contribution < -0.4 is 11.5 Å². The van der Waals surface area contributed by atoms with Gasteiger partial charge < -0.3 is 11.5 Å². The maximum atomic E-state index is 6.01. The molecule has 0 saturated carbocycles. The molecule has 0 atom stereocenters. The van der Waals surface area contributed by atoms with Crippen LogP contribution in [0.2, 0.25) is 0 Å². The smallest absolute Gasteiger partial charge is 0.0146 e. The Morgan fingerprint density at radius 3 is 0.818 bits per heavy atom. The van der Waals surface area contributed by atoms with Gasteiger partial charge in [-0.25, -0.2) is 0 Å². The predicted molar refractivity (Wildman–Crippen MR) is 154 cm³/mol. The molecular weight excluding hydrogens is 400 g/mol. The van der Waals surface area contributed by atoms with Gasteiger partial charge in [-0.1, -0.05) is 150 Å². The van der Waals surface area contributed by atoms with Crippen LogP contribution in [0, 0.1) is 0 Å². The second-order valence-electron chi connectivity index (χ2n) is 11.5. The fraction of sp³-hybridized carbons (Fsp3) is 1.00. The highest BCUT2D eigenvalue weighted by Gasteiger charge is 2.15. The lowest BCUT2D eigenvalue weighted by Crippen LogP contribution is -2.37. The average molecular weight is 469 g/mol. The van der Waals surface area contributed by atoms with Crippen molar-refractivity contribution in [1.29, 1.82) is 0 Å². The lowest BCUT2D eigenvalue weighted by Gasteiger charge is -2.23. The molecule has 0 aliphatic heterocycles. The summed E-state index contributed by atoms with van der Waals surface area (Å²) in [6, 6.07) is 0. The molecule has 33 heavy (non-hydrogen) atoms. The fourth-order valence-electron chi connectivity index (χ4n) is 4.41. The summed E-state index contributed by atoms with van der Waals surface area (Å²) in [6.45, 7) is 13.0. The Kier molecular flexibility index (Phi) is 26.6. The Labute approximate surface area is 211 Å². The topological polar surface area (TPSA) is 52.0 Å². The van der Waals surface area contributed by atoms with Crippen LogP contribution in [0.25, 0.3) is 0 Å². The molecule has 0 aliphatic carbocycles. The van der Waals surface area contributed by atoms with E-state index in [-0.39, 0.29) is 11.1 Å². The van der Waals surface area contributed by atoms with Crippen LogP contribution >= 0.6 is 0 Å². The molecule has 0 amide bonds. The molecule has 0 aromatic rings. The van der Waals surface area contributed by atoms with E-state index in [1.54, 1.807) is 0 Å². The minimum atomic E-state index is 0.0363. The van der Waals surface area contributed by atoms with Crippen molar-refractivity contribution in [2.24, 2.45) is 11.5 Å². The first kappa shape index (κ1) is 35.1. The number of hydrogen-bond donors (Lipinski definition) is 2. The molecule has 0 rings (SSSR count). The highest BCUT2D eigenvalue weighted by atomic mass is 14.7. The van der Waals surface area contributed by atoms with Gasteiger partial charge in [-0.05, 0) is 39.5 Å². The Balaban J connectivity index is 0. The largest absolute Gasteiger partial charge is 0.326 e. The molecule has 202 valence electrons. The lowest BCUT2D eigenvalue weighted by atomic mass is 9.92. The van der Waals surface area contributed by atoms with Gasteiger partial charge in [0.1, 0.15) is 0 Å². The van der Waals surface area contributed by atoms with E-state index in [4.69, 9.17) is 11.5 Å². The molecule has 0 spiro atoms. The third kappa shape index (κ3) is 29.9. The first-order chi connectivity index (χ1) is 15.7. The van der Waals surface area contributed by atoms with Crippen LogP contribution in [-0.4, -0.2) is 11.1 Å². The van der Waals surface area contributed by atoms with Crippen LogP contribution in [0.15, 0.2) is 0 Å². The molecule has 0 fully saturated rings. The van der Waals surface area contributed by atoms with E-state index >= 15 is 0 Å². The van der Waals surface area contributed by atoms with Crippen LogP contribution in [0.1, 0.15) is 189 Å². The zero-order valence-electron chi connectivity index (χ0n) is 24.4. The van der Waals surface area contributed by atoms with E-state index in [1.165, 1.54) is 128 Å². The van der Waals surface area contributed by atoms with Crippen molar-refractivity contribution >= 4 is 0 Å². The van der Waals surface area contributed by atoms with Gasteiger partial charge in [-0.15, -0.1) is 0 Å². The molecule has 0 aromatic heterocycles. The Bertz CT molecular complexity index is 346. The first-order valence-electron chi connectivity index (χ1n) is 15.3. The molecule has 0 aliphatic rings. The first-order valence-corrected chi connectivity index (χ1v) is 15.3. The second kappa shape index (κ2) is 25.0. The summed E-state index contributed by atoms with van der Waals surface area (Å²) in [6.07, 6.45) is 31.9. The molecule has 0 saturated heterocycles. The number of unbranched alkanes of at least 4 members (excludes halogenated alkanes) is 18. The number of rotatable bonds is 23. The number of hydrogen-bond acceptors (Lipinski definition) is 2. The summed E-state index contributed by atoms with van der Waals surface area (Å²) >= 11 is 0. The lowest BCUT2D eigenvalue weighted by molar-refractivity contribution is 0.383. The van der Waals surface area contributed by atoms with Crippen molar-refractivity contribution in [3.8, 4) is 0 Å². The fourth-order valence-corrected chi connectivity index (χ4v) is 4.41. The van der Waals surface area contributed by atoms with E-state index in [0.29, 0.717) is 0 Å². The monoisotopic (exact) mass is 469 g/mol. The standard InChI is InChI=1S/C24H51N.C7H17N/c1-4-5-6-7-8-9-10-11-12-13-14-15-16-17-18-19-20-21-22-23-24(2,3)25;1-4-7(8,5-2)6-3/h4-23,25H2,1-3H3;4-6,8H2,1-3H3. The molecule has 0 heterocycles. The average Bonchev–Trinajstić information content (AvgIpc) is 2.79. The summed E-state index contributed by atoms with van der Waals surface area (Å²) in [5, 5.41) is 0. The maximum Gasteiger partial charge on any atom is 0.0146 e. The predicted octanol–water partition coefficient (Wildman–Crippen LogP) is 10.5. The summed E-state index contributed by atoms with van der Waals surface area (Å²) in [5.74, 6) is 0.